The highest BCUT2D eigenvalue weighted by Crippen LogP contribution is 2.69. The summed E-state index contributed by atoms with van der Waals surface area (Å²) >= 11 is 7.27. The van der Waals surface area contributed by atoms with Crippen molar-refractivity contribution >= 4 is 35.0 Å². The first-order chi connectivity index (χ1) is 20.8. The molecule has 1 aromatic carbocycles. The summed E-state index contributed by atoms with van der Waals surface area (Å²) in [5, 5.41) is 16.1. The van der Waals surface area contributed by atoms with E-state index in [1.807, 2.05) is 57.2 Å². The van der Waals surface area contributed by atoms with E-state index in [-0.39, 0.29) is 48.3 Å². The maximum absolute atomic E-state index is 14.1. The van der Waals surface area contributed by atoms with Crippen LogP contribution in [0.25, 0.3) is 0 Å². The number of benzene rings is 1. The van der Waals surface area contributed by atoms with Gasteiger partial charge < -0.3 is 19.4 Å². The summed E-state index contributed by atoms with van der Waals surface area (Å²) in [5.74, 6) is -1.64. The lowest BCUT2D eigenvalue weighted by molar-refractivity contribution is -0.205. The van der Waals surface area contributed by atoms with Gasteiger partial charge in [-0.3, -0.25) is 14.4 Å². The Morgan fingerprint density at radius 1 is 1.14 bits per heavy atom. The number of aliphatic hydroxyl groups is 1. The zero-order valence-electron chi connectivity index (χ0n) is 26.5. The van der Waals surface area contributed by atoms with Crippen LogP contribution in [0.5, 0.6) is 5.75 Å². The lowest BCUT2D eigenvalue weighted by Crippen LogP contribution is -2.65. The minimum absolute atomic E-state index is 0.0957. The van der Waals surface area contributed by atoms with Crippen molar-refractivity contribution in [1.82, 2.24) is 0 Å². The van der Waals surface area contributed by atoms with E-state index < -0.39 is 46.9 Å². The normalized spacial score (nSPS) is 38.2. The molecule has 5 rings (SSSR count). The molecule has 0 aliphatic heterocycles. The largest absolute Gasteiger partial charge is 0.457 e. The number of alkyl halides is 1. The molecule has 0 spiro atoms. The molecule has 3 saturated carbocycles. The molecule has 0 bridgehead atoms. The van der Waals surface area contributed by atoms with Crippen molar-refractivity contribution in [2.45, 2.75) is 90.7 Å². The molecule has 1 N–H and O–H groups in total. The molecule has 0 amide bonds. The van der Waals surface area contributed by atoms with Gasteiger partial charge in [0, 0.05) is 40.9 Å². The van der Waals surface area contributed by atoms with Gasteiger partial charge in [0.1, 0.15) is 5.71 Å². The van der Waals surface area contributed by atoms with Crippen LogP contribution in [0.4, 0.5) is 0 Å². The summed E-state index contributed by atoms with van der Waals surface area (Å²) < 4.78 is 11.4. The van der Waals surface area contributed by atoms with E-state index in [1.54, 1.807) is 13.8 Å². The summed E-state index contributed by atoms with van der Waals surface area (Å²) in [6.07, 6.45) is 6.85. The van der Waals surface area contributed by atoms with Crippen molar-refractivity contribution in [3.63, 3.8) is 0 Å². The summed E-state index contributed by atoms with van der Waals surface area (Å²) in [6.45, 7) is 10.9. The number of esters is 2. The molecule has 0 saturated heterocycles. The number of ketones is 1. The standard InChI is InChI=1S/C35H44ClNO7/c1-7-29(40)42-19-28(39)35(43-30(41)8-2)21(4)15-25-31-26(36)17-22-16-23(37-44-24-11-9-10-20(3)14-24)12-13-33(22,5)32(31)27(38)18-34(25,35)6/h9-14,16,21,25-27,31-32,38H,7-8,15,17-19H2,1-6H3/b37-23-/t21-,25+,26-,27+,31-,32+,33+,34+,35+/m1/s1. The Bertz CT molecular complexity index is 1420. The quantitative estimate of drug-likeness (QED) is 0.211. The van der Waals surface area contributed by atoms with Crippen molar-refractivity contribution in [1.29, 1.82) is 0 Å². The molecular formula is C35H44ClNO7. The molecule has 0 aromatic heterocycles. The van der Waals surface area contributed by atoms with Gasteiger partial charge in [-0.2, -0.15) is 0 Å². The van der Waals surface area contributed by atoms with E-state index in [0.717, 1.165) is 11.1 Å². The van der Waals surface area contributed by atoms with Gasteiger partial charge in [-0.25, -0.2) is 0 Å². The van der Waals surface area contributed by atoms with Crippen LogP contribution in [0, 0.1) is 41.4 Å². The number of rotatable bonds is 8. The maximum atomic E-state index is 14.1. The Kier molecular flexibility index (Phi) is 8.91. The van der Waals surface area contributed by atoms with E-state index >= 15 is 0 Å². The molecule has 0 heterocycles. The highest BCUT2D eigenvalue weighted by Gasteiger charge is 2.73. The number of hydrogen-bond donors (Lipinski definition) is 1. The molecule has 8 nitrogen and oxygen atoms in total. The van der Waals surface area contributed by atoms with Crippen LogP contribution >= 0.6 is 11.6 Å². The fourth-order valence-corrected chi connectivity index (χ4v) is 9.38. The molecule has 0 radical (unpaired) electrons. The first kappa shape index (κ1) is 32.4. The number of aryl methyl sites for hydroxylation is 1. The lowest BCUT2D eigenvalue weighted by atomic mass is 9.46. The van der Waals surface area contributed by atoms with Crippen LogP contribution in [-0.2, 0) is 23.9 Å². The fourth-order valence-electron chi connectivity index (χ4n) is 8.88. The Balaban J connectivity index is 1.48. The van der Waals surface area contributed by atoms with E-state index in [1.165, 1.54) is 0 Å². The third-order valence-electron chi connectivity index (χ3n) is 10.9. The number of aliphatic hydroxyl groups excluding tert-OH is 1. The fraction of sp³-hybridized carbons (Fsp3) is 0.600. The average molecular weight is 626 g/mol. The third-order valence-corrected chi connectivity index (χ3v) is 11.4. The predicted molar refractivity (Wildman–Crippen MR) is 167 cm³/mol. The van der Waals surface area contributed by atoms with E-state index in [9.17, 15) is 19.5 Å². The molecule has 4 aliphatic rings. The van der Waals surface area contributed by atoms with Gasteiger partial charge in [-0.15, -0.1) is 11.6 Å². The van der Waals surface area contributed by atoms with Gasteiger partial charge in [0.2, 0.25) is 5.78 Å². The minimum Gasteiger partial charge on any atom is -0.457 e. The number of carbonyl (C=O) groups is 3. The van der Waals surface area contributed by atoms with Crippen molar-refractivity contribution in [2.24, 2.45) is 39.7 Å². The van der Waals surface area contributed by atoms with Crippen molar-refractivity contribution in [3.8, 4) is 5.75 Å². The number of nitrogens with zero attached hydrogens (tertiary/aromatic N) is 1. The highest BCUT2D eigenvalue weighted by molar-refractivity contribution is 6.21. The second-order valence-corrected chi connectivity index (χ2v) is 14.0. The Labute approximate surface area is 264 Å². The lowest BCUT2D eigenvalue weighted by Gasteiger charge is -2.61. The van der Waals surface area contributed by atoms with Crippen LogP contribution in [0.15, 0.2) is 53.2 Å². The zero-order valence-corrected chi connectivity index (χ0v) is 27.2. The van der Waals surface area contributed by atoms with Crippen LogP contribution < -0.4 is 4.84 Å². The summed E-state index contributed by atoms with van der Waals surface area (Å²) in [5.41, 5.74) is -0.128. The molecule has 238 valence electrons. The molecular weight excluding hydrogens is 582 g/mol. The number of allylic oxidation sites excluding steroid dienone is 4. The zero-order chi connectivity index (χ0) is 32.0. The second kappa shape index (κ2) is 12.1. The van der Waals surface area contributed by atoms with Crippen LogP contribution in [0.1, 0.15) is 72.3 Å². The van der Waals surface area contributed by atoms with Crippen molar-refractivity contribution < 1.29 is 33.8 Å². The molecule has 0 unspecified atom stereocenters. The minimum atomic E-state index is -1.55. The van der Waals surface area contributed by atoms with E-state index in [2.05, 4.69) is 18.2 Å². The van der Waals surface area contributed by atoms with Crippen LogP contribution in [-0.4, -0.2) is 52.2 Å². The summed E-state index contributed by atoms with van der Waals surface area (Å²) in [6, 6.07) is 7.69. The molecule has 44 heavy (non-hydrogen) atoms. The Hall–Kier alpha value is -2.97. The van der Waals surface area contributed by atoms with Gasteiger partial charge in [-0.05, 0) is 67.9 Å². The van der Waals surface area contributed by atoms with Gasteiger partial charge in [-0.1, -0.05) is 63.6 Å². The number of halogens is 1. The van der Waals surface area contributed by atoms with Gasteiger partial charge >= 0.3 is 11.9 Å². The van der Waals surface area contributed by atoms with Gasteiger partial charge in [0.25, 0.3) is 0 Å². The van der Waals surface area contributed by atoms with Crippen LogP contribution in [0.2, 0.25) is 0 Å². The topological polar surface area (TPSA) is 111 Å². The van der Waals surface area contributed by atoms with Crippen LogP contribution in [0.3, 0.4) is 0 Å². The number of oxime groups is 1. The second-order valence-electron chi connectivity index (χ2n) is 13.5. The maximum Gasteiger partial charge on any atom is 0.306 e. The average Bonchev–Trinajstić information content (AvgIpc) is 3.20. The molecule has 9 heteroatoms. The highest BCUT2D eigenvalue weighted by atomic mass is 35.5. The Morgan fingerprint density at radius 2 is 1.86 bits per heavy atom. The third kappa shape index (κ3) is 5.22. The number of ether oxygens (including phenoxy) is 2. The first-order valence-corrected chi connectivity index (χ1v) is 16.2. The number of hydrogen-bond acceptors (Lipinski definition) is 8. The van der Waals surface area contributed by atoms with E-state index in [0.29, 0.717) is 24.3 Å². The van der Waals surface area contributed by atoms with E-state index in [4.69, 9.17) is 25.9 Å². The molecule has 9 atom stereocenters. The molecule has 4 aliphatic carbocycles. The van der Waals surface area contributed by atoms with Crippen molar-refractivity contribution in [2.75, 3.05) is 6.61 Å². The number of carbonyl (C=O) groups excluding carboxylic acids is 3. The number of fused-ring (bicyclic) bond motifs is 5. The summed E-state index contributed by atoms with van der Waals surface area (Å²) in [7, 11) is 0. The van der Waals surface area contributed by atoms with Crippen molar-refractivity contribution in [3.05, 3.63) is 53.6 Å². The first-order valence-electron chi connectivity index (χ1n) is 15.8. The Morgan fingerprint density at radius 3 is 2.55 bits per heavy atom. The monoisotopic (exact) mass is 625 g/mol. The molecule has 1 aromatic rings. The number of Topliss-reactive ketones (excluding diaryl/α,β-unsaturated/α-hetero) is 1. The SMILES string of the molecule is CCC(=O)OCC(=O)[C@@]1(OC(=O)CC)[C@H](C)C[C@H]2[C@H]3[C@H]([C@@H](O)C[C@@]21C)[C@@]1(C)C=C/C(=N/Oc2cccc(C)c2)C=C1C[C@H]3Cl. The predicted octanol–water partition coefficient (Wildman–Crippen LogP) is 6.12. The molecule has 3 fully saturated rings. The van der Waals surface area contributed by atoms with Gasteiger partial charge in [0.05, 0.1) is 6.10 Å². The summed E-state index contributed by atoms with van der Waals surface area (Å²) in [4.78, 5) is 44.6. The smallest absolute Gasteiger partial charge is 0.306 e. The van der Waals surface area contributed by atoms with Gasteiger partial charge in [0.15, 0.2) is 18.0 Å².